The Morgan fingerprint density at radius 1 is 1.38 bits per heavy atom. The van der Waals surface area contributed by atoms with Gasteiger partial charge in [0.2, 0.25) is 0 Å². The van der Waals surface area contributed by atoms with Gasteiger partial charge in [-0.1, -0.05) is 37.3 Å². The quantitative estimate of drug-likeness (QED) is 0.736. The van der Waals surface area contributed by atoms with Gasteiger partial charge in [-0.15, -0.1) is 0 Å². The normalized spacial score (nSPS) is 17.8. The van der Waals surface area contributed by atoms with Gasteiger partial charge in [0.25, 0.3) is 0 Å². The minimum Gasteiger partial charge on any atom is -0.467 e. The van der Waals surface area contributed by atoms with E-state index in [0.717, 1.165) is 12.0 Å². The second-order valence-corrected chi connectivity index (χ2v) is 5.16. The van der Waals surface area contributed by atoms with Gasteiger partial charge < -0.3 is 14.2 Å². The van der Waals surface area contributed by atoms with Crippen LogP contribution in [0, 0.1) is 0 Å². The van der Waals surface area contributed by atoms with E-state index in [2.05, 4.69) is 12.2 Å². The Morgan fingerprint density at radius 2 is 2.10 bits per heavy atom. The summed E-state index contributed by atoms with van der Waals surface area (Å²) in [5, 5.41) is 3.31. The maximum Gasteiger partial charge on any atom is 0.333 e. The van der Waals surface area contributed by atoms with E-state index >= 15 is 0 Å². The third-order valence-electron chi connectivity index (χ3n) is 3.62. The molecular formula is C16H23NO4. The van der Waals surface area contributed by atoms with Gasteiger partial charge in [0, 0.05) is 0 Å². The Bertz CT molecular complexity index is 447. The zero-order chi connectivity index (χ0) is 15.1. The van der Waals surface area contributed by atoms with Crippen molar-refractivity contribution in [2.24, 2.45) is 0 Å². The van der Waals surface area contributed by atoms with Gasteiger partial charge in [0.1, 0.15) is 6.10 Å². The van der Waals surface area contributed by atoms with E-state index in [1.54, 1.807) is 0 Å². The van der Waals surface area contributed by atoms with E-state index in [1.807, 2.05) is 30.3 Å². The van der Waals surface area contributed by atoms with E-state index in [9.17, 15) is 4.79 Å². The molecule has 0 saturated carbocycles. The van der Waals surface area contributed by atoms with Crippen LogP contribution in [0.5, 0.6) is 0 Å². The monoisotopic (exact) mass is 293 g/mol. The highest BCUT2D eigenvalue weighted by atomic mass is 16.6. The molecule has 116 valence electrons. The predicted molar refractivity (Wildman–Crippen MR) is 79.0 cm³/mol. The van der Waals surface area contributed by atoms with Crippen molar-refractivity contribution < 1.29 is 19.0 Å². The fraction of sp³-hybridized carbons (Fsp3) is 0.562. The molecule has 21 heavy (non-hydrogen) atoms. The summed E-state index contributed by atoms with van der Waals surface area (Å²) in [6.45, 7) is 4.16. The molecular weight excluding hydrogens is 270 g/mol. The number of methoxy groups -OCH3 is 1. The lowest BCUT2D eigenvalue weighted by Crippen LogP contribution is -2.55. The smallest absolute Gasteiger partial charge is 0.333 e. The molecule has 1 unspecified atom stereocenters. The van der Waals surface area contributed by atoms with Gasteiger partial charge >= 0.3 is 5.97 Å². The van der Waals surface area contributed by atoms with Gasteiger partial charge in [0.05, 0.1) is 26.9 Å². The summed E-state index contributed by atoms with van der Waals surface area (Å²) in [5.41, 5.74) is -0.118. The fourth-order valence-corrected chi connectivity index (χ4v) is 2.27. The highest BCUT2D eigenvalue weighted by molar-refractivity contribution is 5.82. The zero-order valence-corrected chi connectivity index (χ0v) is 12.6. The summed E-state index contributed by atoms with van der Waals surface area (Å²) >= 11 is 0. The van der Waals surface area contributed by atoms with Crippen LogP contribution in [0.4, 0.5) is 0 Å². The van der Waals surface area contributed by atoms with Gasteiger partial charge in [0.15, 0.2) is 5.54 Å². The van der Waals surface area contributed by atoms with Crippen molar-refractivity contribution in [1.29, 1.82) is 0 Å². The van der Waals surface area contributed by atoms with Crippen LogP contribution < -0.4 is 5.32 Å². The summed E-state index contributed by atoms with van der Waals surface area (Å²) in [6.07, 6.45) is 0.971. The molecule has 5 nitrogen and oxygen atoms in total. The van der Waals surface area contributed by atoms with Crippen LogP contribution in [0.3, 0.4) is 0 Å². The average Bonchev–Trinajstić information content (AvgIpc) is 2.49. The van der Waals surface area contributed by atoms with Gasteiger partial charge in [-0.2, -0.15) is 0 Å². The molecule has 5 heteroatoms. The summed E-state index contributed by atoms with van der Waals surface area (Å²) in [7, 11) is 1.40. The van der Waals surface area contributed by atoms with Crippen LogP contribution in [0.2, 0.25) is 0 Å². The molecule has 0 bridgehead atoms. The lowest BCUT2D eigenvalue weighted by molar-refractivity contribution is -0.165. The van der Waals surface area contributed by atoms with E-state index in [0.29, 0.717) is 19.8 Å². The molecule has 1 aromatic rings. The SMILES string of the molecule is CCCNC(COC1COC1)(C(=O)OC)c1ccccc1. The molecule has 0 radical (unpaired) electrons. The number of esters is 1. The van der Waals surface area contributed by atoms with Crippen molar-refractivity contribution in [3.8, 4) is 0 Å². The molecule has 1 aliphatic heterocycles. The first-order chi connectivity index (χ1) is 10.2. The molecule has 1 aromatic carbocycles. The highest BCUT2D eigenvalue weighted by Crippen LogP contribution is 2.25. The van der Waals surface area contributed by atoms with E-state index in [-0.39, 0.29) is 18.7 Å². The summed E-state index contributed by atoms with van der Waals surface area (Å²) in [4.78, 5) is 12.5. The first-order valence-corrected chi connectivity index (χ1v) is 7.31. The molecule has 1 fully saturated rings. The summed E-state index contributed by atoms with van der Waals surface area (Å²) < 4.78 is 16.0. The van der Waals surface area contributed by atoms with Crippen molar-refractivity contribution in [3.63, 3.8) is 0 Å². The topological polar surface area (TPSA) is 56.8 Å². The predicted octanol–water partition coefficient (Wildman–Crippen LogP) is 1.47. The highest BCUT2D eigenvalue weighted by Gasteiger charge is 2.42. The molecule has 0 spiro atoms. The number of benzene rings is 1. The van der Waals surface area contributed by atoms with Gasteiger partial charge in [-0.05, 0) is 18.5 Å². The van der Waals surface area contributed by atoms with Crippen LogP contribution in [0.25, 0.3) is 0 Å². The lowest BCUT2D eigenvalue weighted by atomic mass is 9.90. The molecule has 1 heterocycles. The van der Waals surface area contributed by atoms with Crippen LogP contribution in [-0.4, -0.2) is 45.5 Å². The van der Waals surface area contributed by atoms with Crippen molar-refractivity contribution >= 4 is 5.97 Å². The molecule has 1 atom stereocenters. The van der Waals surface area contributed by atoms with Gasteiger partial charge in [-0.3, -0.25) is 5.32 Å². The standard InChI is InChI=1S/C16H23NO4/c1-3-9-17-16(15(18)19-2,12-21-14-10-20-11-14)13-7-5-4-6-8-13/h4-8,14,17H,3,9-12H2,1-2H3. The van der Waals surface area contributed by atoms with E-state index in [4.69, 9.17) is 14.2 Å². The Labute approximate surface area is 125 Å². The van der Waals surface area contributed by atoms with Crippen molar-refractivity contribution in [1.82, 2.24) is 5.32 Å². The number of hydrogen-bond acceptors (Lipinski definition) is 5. The summed E-state index contributed by atoms with van der Waals surface area (Å²) in [6, 6.07) is 9.58. The van der Waals surface area contributed by atoms with Crippen LogP contribution in [0.15, 0.2) is 30.3 Å². The van der Waals surface area contributed by atoms with E-state index in [1.165, 1.54) is 7.11 Å². The third-order valence-corrected chi connectivity index (χ3v) is 3.62. The van der Waals surface area contributed by atoms with Crippen LogP contribution in [-0.2, 0) is 24.5 Å². The summed E-state index contributed by atoms with van der Waals surface area (Å²) in [5.74, 6) is -0.331. The number of nitrogens with one attached hydrogen (secondary N) is 1. The number of rotatable bonds is 8. The Balaban J connectivity index is 2.24. The average molecular weight is 293 g/mol. The van der Waals surface area contributed by atoms with Crippen LogP contribution in [0.1, 0.15) is 18.9 Å². The Hall–Kier alpha value is -1.43. The van der Waals surface area contributed by atoms with Gasteiger partial charge in [-0.25, -0.2) is 4.79 Å². The Kier molecular flexibility index (Phi) is 5.73. The first kappa shape index (κ1) is 15.9. The second kappa shape index (κ2) is 7.54. The second-order valence-electron chi connectivity index (χ2n) is 5.16. The minimum absolute atomic E-state index is 0.0566. The number of ether oxygens (including phenoxy) is 3. The maximum atomic E-state index is 12.5. The van der Waals surface area contributed by atoms with E-state index < -0.39 is 5.54 Å². The number of carbonyl (C=O) groups is 1. The molecule has 2 rings (SSSR count). The molecule has 1 aliphatic rings. The van der Waals surface area contributed by atoms with Crippen LogP contribution >= 0.6 is 0 Å². The third kappa shape index (κ3) is 3.61. The Morgan fingerprint density at radius 3 is 2.62 bits per heavy atom. The molecule has 1 saturated heterocycles. The fourth-order valence-electron chi connectivity index (χ4n) is 2.27. The van der Waals surface area contributed by atoms with Crippen molar-refractivity contribution in [3.05, 3.63) is 35.9 Å². The first-order valence-electron chi connectivity index (χ1n) is 7.31. The largest absolute Gasteiger partial charge is 0.467 e. The molecule has 0 aliphatic carbocycles. The maximum absolute atomic E-state index is 12.5. The number of hydrogen-bond donors (Lipinski definition) is 1. The number of carbonyl (C=O) groups excluding carboxylic acids is 1. The van der Waals surface area contributed by atoms with Crippen molar-refractivity contribution in [2.75, 3.05) is 33.5 Å². The molecule has 0 amide bonds. The molecule has 0 aromatic heterocycles. The van der Waals surface area contributed by atoms with Crippen molar-refractivity contribution in [2.45, 2.75) is 25.0 Å². The minimum atomic E-state index is -0.971. The lowest BCUT2D eigenvalue weighted by Gasteiger charge is -2.35. The molecule has 1 N–H and O–H groups in total. The zero-order valence-electron chi connectivity index (χ0n) is 12.6.